The molecule has 2 aliphatic rings. The van der Waals surface area contributed by atoms with Crippen molar-refractivity contribution in [3.05, 3.63) is 70.0 Å². The van der Waals surface area contributed by atoms with E-state index >= 15 is 0 Å². The van der Waals surface area contributed by atoms with Crippen LogP contribution >= 0.6 is 0 Å². The Morgan fingerprint density at radius 3 is 2.54 bits per heavy atom. The minimum Gasteiger partial charge on any atom is -0.493 e. The molecule has 1 aromatic heterocycles. The molecule has 3 aromatic rings. The van der Waals surface area contributed by atoms with E-state index in [1.807, 2.05) is 0 Å². The molecule has 0 saturated carbocycles. The van der Waals surface area contributed by atoms with Gasteiger partial charge >= 0.3 is 6.18 Å². The van der Waals surface area contributed by atoms with E-state index in [0.717, 1.165) is 12.1 Å². The summed E-state index contributed by atoms with van der Waals surface area (Å²) in [6.07, 6.45) is -2.80. The summed E-state index contributed by atoms with van der Waals surface area (Å²) in [4.78, 5) is 27.6. The smallest absolute Gasteiger partial charge is 0.416 e. The summed E-state index contributed by atoms with van der Waals surface area (Å²) in [5.41, 5.74) is 1.15. The molecular weight excluding hydrogens is 521 g/mol. The van der Waals surface area contributed by atoms with E-state index in [0.29, 0.717) is 46.3 Å². The molecule has 0 spiro atoms. The topological polar surface area (TPSA) is 63.6 Å². The van der Waals surface area contributed by atoms with Gasteiger partial charge in [0.25, 0.3) is 11.5 Å². The molecule has 0 aliphatic carbocycles. The summed E-state index contributed by atoms with van der Waals surface area (Å²) >= 11 is 0. The van der Waals surface area contributed by atoms with Crippen LogP contribution in [0.5, 0.6) is 5.75 Å². The van der Waals surface area contributed by atoms with Gasteiger partial charge in [-0.1, -0.05) is 12.1 Å². The zero-order valence-electron chi connectivity index (χ0n) is 21.1. The first kappa shape index (κ1) is 26.7. The van der Waals surface area contributed by atoms with Crippen LogP contribution < -0.4 is 20.5 Å². The number of pyridine rings is 1. The maximum atomic E-state index is 13.6. The quantitative estimate of drug-likeness (QED) is 0.323. The number of alkyl halides is 5. The third kappa shape index (κ3) is 5.62. The summed E-state index contributed by atoms with van der Waals surface area (Å²) < 4.78 is 73.5. The lowest BCUT2D eigenvalue weighted by molar-refractivity contribution is -0.137. The van der Waals surface area contributed by atoms with Gasteiger partial charge in [-0.25, -0.2) is 8.78 Å². The molecule has 2 aliphatic heterocycles. The number of aromatic nitrogens is 1. The van der Waals surface area contributed by atoms with E-state index < -0.39 is 23.6 Å². The van der Waals surface area contributed by atoms with Gasteiger partial charge in [0.15, 0.2) is 0 Å². The highest BCUT2D eigenvalue weighted by atomic mass is 19.4. The molecular formula is C28H26F5N3O3. The number of anilines is 2. The number of nitrogens with zero attached hydrogens (tertiary/aromatic N) is 2. The number of rotatable bonds is 3. The summed E-state index contributed by atoms with van der Waals surface area (Å²) in [6.45, 7) is 0.401. The number of amides is 1. The second-order valence-electron chi connectivity index (χ2n) is 9.83. The maximum Gasteiger partial charge on any atom is 0.416 e. The van der Waals surface area contributed by atoms with Crippen LogP contribution in [0.2, 0.25) is 0 Å². The van der Waals surface area contributed by atoms with Crippen molar-refractivity contribution < 1.29 is 31.5 Å². The molecule has 1 fully saturated rings. The highest BCUT2D eigenvalue weighted by molar-refractivity contribution is 6.05. The molecule has 1 amide bonds. The fourth-order valence-corrected chi connectivity index (χ4v) is 4.97. The number of allylic oxidation sites excluding steroid dienone is 1. The highest BCUT2D eigenvalue weighted by Gasteiger charge is 2.35. The first-order chi connectivity index (χ1) is 18.4. The minimum absolute atomic E-state index is 0.0790. The number of benzene rings is 2. The molecule has 0 unspecified atom stereocenters. The number of hydrogen-bond donors (Lipinski definition) is 1. The van der Waals surface area contributed by atoms with Gasteiger partial charge in [-0.05, 0) is 48.7 Å². The lowest BCUT2D eigenvalue weighted by atomic mass is 9.99. The van der Waals surface area contributed by atoms with E-state index in [1.54, 1.807) is 36.2 Å². The average Bonchev–Trinajstić information content (AvgIpc) is 3.08. The first-order valence-electron chi connectivity index (χ1n) is 12.5. The second kappa shape index (κ2) is 10.0. The minimum atomic E-state index is -4.51. The van der Waals surface area contributed by atoms with Gasteiger partial charge in [0, 0.05) is 55.7 Å². The average molecular weight is 548 g/mol. The van der Waals surface area contributed by atoms with Crippen molar-refractivity contribution in [3.8, 4) is 5.75 Å². The van der Waals surface area contributed by atoms with Gasteiger partial charge in [0.05, 0.1) is 17.7 Å². The van der Waals surface area contributed by atoms with Crippen molar-refractivity contribution in [2.75, 3.05) is 29.9 Å². The highest BCUT2D eigenvalue weighted by Crippen LogP contribution is 2.38. The molecule has 11 heteroatoms. The number of hydrogen-bond acceptors (Lipinski definition) is 4. The van der Waals surface area contributed by atoms with Crippen LogP contribution in [0.4, 0.5) is 33.3 Å². The Bertz CT molecular complexity index is 1520. The van der Waals surface area contributed by atoms with Crippen LogP contribution in [-0.2, 0) is 18.0 Å². The van der Waals surface area contributed by atoms with Gasteiger partial charge in [-0.15, -0.1) is 0 Å². The molecule has 1 N–H and O–H groups in total. The second-order valence-corrected chi connectivity index (χ2v) is 9.83. The third-order valence-corrected chi connectivity index (χ3v) is 7.12. The molecule has 1 saturated heterocycles. The fraction of sp³-hybridized carbons (Fsp3) is 0.357. The largest absolute Gasteiger partial charge is 0.493 e. The van der Waals surface area contributed by atoms with Crippen molar-refractivity contribution in [2.24, 2.45) is 7.05 Å². The summed E-state index contributed by atoms with van der Waals surface area (Å²) in [5.74, 6) is -3.12. The molecule has 206 valence electrons. The van der Waals surface area contributed by atoms with Crippen molar-refractivity contribution in [2.45, 2.75) is 37.8 Å². The van der Waals surface area contributed by atoms with E-state index in [-0.39, 0.29) is 43.8 Å². The SMILES string of the molecule is Cn1c(=O)c(N2CCC(F)(F)CC2)cc2ccc(NC(=O)C=C3CCCOc4cc(C(F)(F)F)ccc43)cc21. The fourth-order valence-electron chi connectivity index (χ4n) is 4.97. The van der Waals surface area contributed by atoms with E-state index in [4.69, 9.17) is 4.74 Å². The van der Waals surface area contributed by atoms with E-state index in [9.17, 15) is 31.5 Å². The van der Waals surface area contributed by atoms with Crippen molar-refractivity contribution in [1.29, 1.82) is 0 Å². The van der Waals surface area contributed by atoms with Gasteiger partial charge in [-0.2, -0.15) is 13.2 Å². The standard InChI is InChI=1S/C28H26F5N3O3/c1-35-22-16-20(6-4-18(22)13-23(26(35)38)36-10-8-27(29,30)9-11-36)34-25(37)14-17-3-2-12-39-24-15-19(28(31,32)33)5-7-21(17)24/h4-7,13-16H,2-3,8-12H2,1H3,(H,34,37). The zero-order valence-corrected chi connectivity index (χ0v) is 21.1. The normalized spacial score (nSPS) is 18.4. The Morgan fingerprint density at radius 2 is 1.82 bits per heavy atom. The van der Waals surface area contributed by atoms with Crippen molar-refractivity contribution >= 4 is 33.8 Å². The predicted octanol–water partition coefficient (Wildman–Crippen LogP) is 5.99. The van der Waals surface area contributed by atoms with Crippen LogP contribution in [0.25, 0.3) is 16.5 Å². The Morgan fingerprint density at radius 1 is 1.08 bits per heavy atom. The maximum absolute atomic E-state index is 13.6. The molecule has 3 heterocycles. The Kier molecular flexibility index (Phi) is 6.86. The Balaban J connectivity index is 1.39. The van der Waals surface area contributed by atoms with Gasteiger partial charge < -0.3 is 19.5 Å². The molecule has 2 aromatic carbocycles. The summed E-state index contributed by atoms with van der Waals surface area (Å²) in [6, 6.07) is 9.93. The van der Waals surface area contributed by atoms with Crippen LogP contribution in [0.1, 0.15) is 36.8 Å². The first-order valence-corrected chi connectivity index (χ1v) is 12.5. The lowest BCUT2D eigenvalue weighted by Gasteiger charge is -2.33. The molecule has 6 nitrogen and oxygen atoms in total. The molecule has 0 atom stereocenters. The molecule has 0 bridgehead atoms. The summed E-state index contributed by atoms with van der Waals surface area (Å²) in [7, 11) is 1.58. The molecule has 5 rings (SSSR count). The Hall–Kier alpha value is -3.89. The van der Waals surface area contributed by atoms with Crippen molar-refractivity contribution in [1.82, 2.24) is 4.57 Å². The van der Waals surface area contributed by atoms with Crippen LogP contribution in [0, 0.1) is 0 Å². The number of aryl methyl sites for hydroxylation is 1. The predicted molar refractivity (Wildman–Crippen MR) is 138 cm³/mol. The van der Waals surface area contributed by atoms with Gasteiger partial charge in [0.1, 0.15) is 11.4 Å². The number of ether oxygens (including phenoxy) is 1. The summed E-state index contributed by atoms with van der Waals surface area (Å²) in [5, 5.41) is 3.46. The van der Waals surface area contributed by atoms with Gasteiger partial charge in [-0.3, -0.25) is 9.59 Å². The number of carbonyl (C=O) groups is 1. The number of piperidine rings is 1. The van der Waals surface area contributed by atoms with Crippen LogP contribution in [-0.4, -0.2) is 36.1 Å². The zero-order chi connectivity index (χ0) is 27.9. The number of nitrogens with one attached hydrogen (secondary N) is 1. The Labute approximate surface area is 220 Å². The number of carbonyl (C=O) groups excluding carboxylic acids is 1. The molecule has 39 heavy (non-hydrogen) atoms. The third-order valence-electron chi connectivity index (χ3n) is 7.12. The van der Waals surface area contributed by atoms with Crippen molar-refractivity contribution in [3.63, 3.8) is 0 Å². The van der Waals surface area contributed by atoms with E-state index in [2.05, 4.69) is 5.32 Å². The number of fused-ring (bicyclic) bond motifs is 2. The van der Waals surface area contributed by atoms with Crippen LogP contribution in [0.15, 0.2) is 53.3 Å². The van der Waals surface area contributed by atoms with E-state index in [1.165, 1.54) is 16.7 Å². The monoisotopic (exact) mass is 547 g/mol. The van der Waals surface area contributed by atoms with Gasteiger partial charge in [0.2, 0.25) is 5.91 Å². The van der Waals surface area contributed by atoms with Crippen LogP contribution in [0.3, 0.4) is 0 Å². The lowest BCUT2D eigenvalue weighted by Crippen LogP contribution is -2.42. The number of halogens is 5. The molecule has 0 radical (unpaired) electrons.